The number of aromatic nitrogens is 1. The first kappa shape index (κ1) is 18.6. The third-order valence-corrected chi connectivity index (χ3v) is 5.53. The summed E-state index contributed by atoms with van der Waals surface area (Å²) in [6.07, 6.45) is 7.67. The summed E-state index contributed by atoms with van der Waals surface area (Å²) >= 11 is 1.82. The van der Waals surface area contributed by atoms with Gasteiger partial charge in [-0.25, -0.2) is 4.98 Å². The summed E-state index contributed by atoms with van der Waals surface area (Å²) in [6, 6.07) is 0. The molecule has 0 aromatic carbocycles. The van der Waals surface area contributed by atoms with Crippen LogP contribution < -0.4 is 5.32 Å². The van der Waals surface area contributed by atoms with Crippen LogP contribution in [0.3, 0.4) is 0 Å². The highest BCUT2D eigenvalue weighted by molar-refractivity contribution is 7.09. The summed E-state index contributed by atoms with van der Waals surface area (Å²) in [5.74, 6) is 0. The van der Waals surface area contributed by atoms with Crippen LogP contribution >= 0.6 is 11.3 Å². The van der Waals surface area contributed by atoms with Crippen LogP contribution in [0.15, 0.2) is 5.51 Å². The molecule has 21 heavy (non-hydrogen) atoms. The fraction of sp³-hybridized carbons (Fsp3) is 0.833. The van der Waals surface area contributed by atoms with Gasteiger partial charge in [-0.15, -0.1) is 11.3 Å². The van der Waals surface area contributed by atoms with E-state index >= 15 is 0 Å². The summed E-state index contributed by atoms with van der Waals surface area (Å²) < 4.78 is 0. The van der Waals surface area contributed by atoms with E-state index in [1.807, 2.05) is 16.8 Å². The summed E-state index contributed by atoms with van der Waals surface area (Å²) in [7, 11) is 0. The van der Waals surface area contributed by atoms with E-state index in [-0.39, 0.29) is 5.54 Å². The standard InChI is InChI=1S/C18H34N2S/c1-7-9-11-18(8-2,13-20-17(4,5)6)12-10-16-15(3)19-14-21-16/h14,20H,7-13H2,1-6H3. The van der Waals surface area contributed by atoms with Gasteiger partial charge >= 0.3 is 0 Å². The minimum absolute atomic E-state index is 0.201. The van der Waals surface area contributed by atoms with Gasteiger partial charge < -0.3 is 5.32 Å². The highest BCUT2D eigenvalue weighted by Crippen LogP contribution is 2.35. The van der Waals surface area contributed by atoms with Crippen molar-refractivity contribution in [1.82, 2.24) is 10.3 Å². The molecule has 1 heterocycles. The van der Waals surface area contributed by atoms with Crippen molar-refractivity contribution in [3.05, 3.63) is 16.1 Å². The number of hydrogen-bond donors (Lipinski definition) is 1. The molecule has 122 valence electrons. The molecule has 3 heteroatoms. The Bertz CT molecular complexity index is 406. The monoisotopic (exact) mass is 310 g/mol. The minimum Gasteiger partial charge on any atom is -0.312 e. The fourth-order valence-electron chi connectivity index (χ4n) is 2.73. The average molecular weight is 311 g/mol. The first-order valence-corrected chi connectivity index (χ1v) is 9.34. The molecular formula is C18H34N2S. The summed E-state index contributed by atoms with van der Waals surface area (Å²) in [4.78, 5) is 5.87. The molecule has 1 unspecified atom stereocenters. The number of rotatable bonds is 9. The number of unbranched alkanes of at least 4 members (excludes halogenated alkanes) is 1. The predicted molar refractivity (Wildman–Crippen MR) is 95.2 cm³/mol. The van der Waals surface area contributed by atoms with Crippen molar-refractivity contribution in [2.75, 3.05) is 6.54 Å². The van der Waals surface area contributed by atoms with Crippen LogP contribution in [0.2, 0.25) is 0 Å². The van der Waals surface area contributed by atoms with Gasteiger partial charge in [-0.1, -0.05) is 26.7 Å². The van der Waals surface area contributed by atoms with E-state index in [1.165, 1.54) is 49.1 Å². The lowest BCUT2D eigenvalue weighted by atomic mass is 9.75. The Morgan fingerprint density at radius 3 is 2.38 bits per heavy atom. The lowest BCUT2D eigenvalue weighted by molar-refractivity contribution is 0.192. The van der Waals surface area contributed by atoms with Gasteiger partial charge in [0, 0.05) is 17.0 Å². The average Bonchev–Trinajstić information content (AvgIpc) is 2.83. The molecule has 0 aliphatic rings. The maximum atomic E-state index is 4.39. The first-order valence-electron chi connectivity index (χ1n) is 8.46. The Morgan fingerprint density at radius 1 is 1.19 bits per heavy atom. The molecule has 1 aromatic rings. The molecule has 2 nitrogen and oxygen atoms in total. The lowest BCUT2D eigenvalue weighted by Gasteiger charge is -2.36. The SMILES string of the molecule is CCCCC(CC)(CCc1scnc1C)CNC(C)(C)C. The Balaban J connectivity index is 2.71. The highest BCUT2D eigenvalue weighted by Gasteiger charge is 2.29. The van der Waals surface area contributed by atoms with Crippen LogP contribution in [0.4, 0.5) is 0 Å². The van der Waals surface area contributed by atoms with Crippen molar-refractivity contribution in [2.45, 2.75) is 85.6 Å². The molecule has 0 bridgehead atoms. The molecule has 1 rings (SSSR count). The van der Waals surface area contributed by atoms with E-state index < -0.39 is 0 Å². The Labute approximate surface area is 135 Å². The number of nitrogens with zero attached hydrogens (tertiary/aromatic N) is 1. The normalized spacial score (nSPS) is 15.1. The largest absolute Gasteiger partial charge is 0.312 e. The summed E-state index contributed by atoms with van der Waals surface area (Å²) in [5.41, 5.74) is 3.84. The molecular weight excluding hydrogens is 276 g/mol. The third-order valence-electron chi connectivity index (χ3n) is 4.53. The van der Waals surface area contributed by atoms with Gasteiger partial charge in [0.2, 0.25) is 0 Å². The molecule has 0 saturated carbocycles. The van der Waals surface area contributed by atoms with Crippen LogP contribution in [0.5, 0.6) is 0 Å². The van der Waals surface area contributed by atoms with Gasteiger partial charge in [-0.05, 0) is 58.8 Å². The van der Waals surface area contributed by atoms with Gasteiger partial charge in [0.1, 0.15) is 0 Å². The van der Waals surface area contributed by atoms with Crippen LogP contribution in [0.1, 0.15) is 77.3 Å². The fourth-order valence-corrected chi connectivity index (χ4v) is 3.51. The zero-order valence-electron chi connectivity index (χ0n) is 14.9. The van der Waals surface area contributed by atoms with Crippen LogP contribution in [-0.2, 0) is 6.42 Å². The van der Waals surface area contributed by atoms with Gasteiger partial charge in [-0.3, -0.25) is 0 Å². The molecule has 1 aromatic heterocycles. The van der Waals surface area contributed by atoms with Crippen molar-refractivity contribution in [3.8, 4) is 0 Å². The van der Waals surface area contributed by atoms with Crippen molar-refractivity contribution in [2.24, 2.45) is 5.41 Å². The molecule has 0 amide bonds. The summed E-state index contributed by atoms with van der Waals surface area (Å²) in [5, 5.41) is 3.76. The second-order valence-electron chi connectivity index (χ2n) is 7.42. The zero-order valence-corrected chi connectivity index (χ0v) is 15.7. The molecule has 0 aliphatic heterocycles. The van der Waals surface area contributed by atoms with Crippen molar-refractivity contribution in [1.29, 1.82) is 0 Å². The molecule has 0 saturated heterocycles. The molecule has 1 atom stereocenters. The van der Waals surface area contributed by atoms with E-state index in [9.17, 15) is 0 Å². The Kier molecular flexibility index (Phi) is 7.35. The topological polar surface area (TPSA) is 24.9 Å². The molecule has 0 spiro atoms. The van der Waals surface area contributed by atoms with E-state index in [0.717, 1.165) is 6.54 Å². The van der Waals surface area contributed by atoms with E-state index in [0.29, 0.717) is 5.41 Å². The lowest BCUT2D eigenvalue weighted by Crippen LogP contribution is -2.44. The van der Waals surface area contributed by atoms with Crippen LogP contribution in [-0.4, -0.2) is 17.1 Å². The second kappa shape index (κ2) is 8.28. The van der Waals surface area contributed by atoms with E-state index in [2.05, 4.69) is 51.8 Å². The van der Waals surface area contributed by atoms with E-state index in [1.54, 1.807) is 0 Å². The summed E-state index contributed by atoms with van der Waals surface area (Å²) in [6.45, 7) is 14.7. The minimum atomic E-state index is 0.201. The Hall–Kier alpha value is -0.410. The van der Waals surface area contributed by atoms with E-state index in [4.69, 9.17) is 0 Å². The van der Waals surface area contributed by atoms with Crippen molar-refractivity contribution >= 4 is 11.3 Å². The van der Waals surface area contributed by atoms with Crippen molar-refractivity contribution < 1.29 is 0 Å². The van der Waals surface area contributed by atoms with Gasteiger partial charge in [0.25, 0.3) is 0 Å². The maximum absolute atomic E-state index is 4.39. The number of nitrogens with one attached hydrogen (secondary N) is 1. The molecule has 0 fully saturated rings. The third kappa shape index (κ3) is 6.48. The quantitative estimate of drug-likeness (QED) is 0.664. The number of aryl methyl sites for hydroxylation is 2. The predicted octanol–water partition coefficient (Wildman–Crippen LogP) is 5.36. The van der Waals surface area contributed by atoms with Gasteiger partial charge in [0.15, 0.2) is 0 Å². The number of thiazole rings is 1. The van der Waals surface area contributed by atoms with Crippen molar-refractivity contribution in [3.63, 3.8) is 0 Å². The smallest absolute Gasteiger partial charge is 0.0797 e. The first-order chi connectivity index (χ1) is 9.82. The van der Waals surface area contributed by atoms with Gasteiger partial charge in [0.05, 0.1) is 11.2 Å². The Morgan fingerprint density at radius 2 is 1.90 bits per heavy atom. The zero-order chi connectivity index (χ0) is 15.9. The second-order valence-corrected chi connectivity index (χ2v) is 8.36. The number of hydrogen-bond acceptors (Lipinski definition) is 3. The van der Waals surface area contributed by atoms with Gasteiger partial charge in [-0.2, -0.15) is 0 Å². The molecule has 1 N–H and O–H groups in total. The highest BCUT2D eigenvalue weighted by atomic mass is 32.1. The maximum Gasteiger partial charge on any atom is 0.0797 e. The molecule has 0 radical (unpaired) electrons. The van der Waals surface area contributed by atoms with Crippen LogP contribution in [0, 0.1) is 12.3 Å². The molecule has 0 aliphatic carbocycles. The van der Waals surface area contributed by atoms with Crippen LogP contribution in [0.25, 0.3) is 0 Å².